The van der Waals surface area contributed by atoms with E-state index < -0.39 is 13.8 Å². The molecule has 1 aliphatic heterocycles. The van der Waals surface area contributed by atoms with Gasteiger partial charge in [0, 0.05) is 13.1 Å². The number of esters is 1. The molecule has 0 aromatic heterocycles. The second-order valence-corrected chi connectivity index (χ2v) is 11.2. The van der Waals surface area contributed by atoms with E-state index in [1.54, 1.807) is 24.0 Å². The summed E-state index contributed by atoms with van der Waals surface area (Å²) in [7, 11) is -1.46. The number of carbonyl (C=O) groups is 2. The molecular weight excluding hydrogens is 593 g/mol. The molecule has 2 unspecified atom stereocenters. The fourth-order valence-electron chi connectivity index (χ4n) is 3.63. The first-order valence-electron chi connectivity index (χ1n) is 10.7. The molecule has 11 heteroatoms. The summed E-state index contributed by atoms with van der Waals surface area (Å²) >= 11 is 6.82. The lowest BCUT2D eigenvalue weighted by molar-refractivity contribution is -0.149. The van der Waals surface area contributed by atoms with Crippen molar-refractivity contribution >= 4 is 52.2 Å². The summed E-state index contributed by atoms with van der Waals surface area (Å²) in [6.45, 7) is 4.32. The monoisotopic (exact) mass is 617 g/mol. The van der Waals surface area contributed by atoms with Gasteiger partial charge in [-0.25, -0.2) is 0 Å². The normalized spacial score (nSPS) is 16.4. The van der Waals surface area contributed by atoms with E-state index in [4.69, 9.17) is 9.47 Å². The topological polar surface area (TPSA) is 113 Å². The molecule has 2 aromatic rings. The molecule has 1 aliphatic rings. The van der Waals surface area contributed by atoms with E-state index in [-0.39, 0.29) is 29.1 Å². The van der Waals surface area contributed by atoms with Gasteiger partial charge in [-0.1, -0.05) is 0 Å². The maximum atomic E-state index is 13.1. The molecule has 0 aliphatic carbocycles. The van der Waals surface area contributed by atoms with Crippen LogP contribution >= 0.6 is 40.3 Å². The third kappa shape index (κ3) is 6.03. The van der Waals surface area contributed by atoms with Crippen LogP contribution in [0.25, 0.3) is 0 Å². The van der Waals surface area contributed by atoms with Crippen molar-refractivity contribution in [3.63, 3.8) is 0 Å². The first kappa shape index (κ1) is 26.7. The Bertz CT molecular complexity index is 1080. The third-order valence-electron chi connectivity index (χ3n) is 5.63. The standard InChI is InChI=1S/C23H26Br2NO7P/c1-3-32-22(29)13-6-8-26(9-7-13)21(28)16-12-15(4-5-19(16)27)33-20-17(24)10-14(11-18(20)25)23(2,30)34-31/h4-5,10-13,27,30H,3,6-9,34H2,1-2H3. The van der Waals surface area contributed by atoms with Crippen molar-refractivity contribution < 1.29 is 33.8 Å². The third-order valence-corrected chi connectivity index (χ3v) is 7.60. The molecule has 1 amide bonds. The molecule has 0 radical (unpaired) electrons. The number of halogens is 2. The molecule has 1 heterocycles. The molecule has 1 saturated heterocycles. The van der Waals surface area contributed by atoms with Crippen LogP contribution in [0.5, 0.6) is 17.2 Å². The van der Waals surface area contributed by atoms with Gasteiger partial charge in [-0.3, -0.25) is 9.59 Å². The Hall–Kier alpha value is -1.87. The molecular formula is C23H26Br2NO7P. The van der Waals surface area contributed by atoms with Crippen molar-refractivity contribution in [2.75, 3.05) is 19.7 Å². The van der Waals surface area contributed by atoms with Crippen LogP contribution in [-0.2, 0) is 19.4 Å². The highest BCUT2D eigenvalue weighted by atomic mass is 79.9. The van der Waals surface area contributed by atoms with Gasteiger partial charge < -0.3 is 29.2 Å². The van der Waals surface area contributed by atoms with E-state index >= 15 is 0 Å². The van der Waals surface area contributed by atoms with Crippen molar-refractivity contribution in [1.82, 2.24) is 4.90 Å². The van der Waals surface area contributed by atoms with Crippen LogP contribution in [-0.4, -0.2) is 46.7 Å². The maximum absolute atomic E-state index is 13.1. The van der Waals surface area contributed by atoms with E-state index in [2.05, 4.69) is 31.9 Å². The zero-order chi connectivity index (χ0) is 25.0. The molecule has 3 rings (SSSR count). The van der Waals surface area contributed by atoms with Crippen molar-refractivity contribution in [2.45, 2.75) is 32.0 Å². The second kappa shape index (κ2) is 11.2. The molecule has 0 spiro atoms. The summed E-state index contributed by atoms with van der Waals surface area (Å²) in [4.78, 5) is 26.6. The highest BCUT2D eigenvalue weighted by molar-refractivity contribution is 9.11. The van der Waals surface area contributed by atoms with Crippen LogP contribution < -0.4 is 4.74 Å². The van der Waals surface area contributed by atoms with Crippen LogP contribution in [0.3, 0.4) is 0 Å². The Kier molecular flexibility index (Phi) is 8.84. The largest absolute Gasteiger partial charge is 0.507 e. The lowest BCUT2D eigenvalue weighted by Gasteiger charge is -2.31. The Morgan fingerprint density at radius 3 is 2.35 bits per heavy atom. The molecule has 8 nitrogen and oxygen atoms in total. The van der Waals surface area contributed by atoms with Crippen LogP contribution in [0.4, 0.5) is 0 Å². The molecule has 0 bridgehead atoms. The lowest BCUT2D eigenvalue weighted by atomic mass is 9.96. The number of piperidine rings is 1. The summed E-state index contributed by atoms with van der Waals surface area (Å²) in [5.74, 6) is -0.291. The minimum Gasteiger partial charge on any atom is -0.507 e. The van der Waals surface area contributed by atoms with Crippen LogP contribution in [0.1, 0.15) is 42.6 Å². The number of amides is 1. The van der Waals surface area contributed by atoms with E-state index in [9.17, 15) is 24.4 Å². The number of hydrogen-bond acceptors (Lipinski definition) is 7. The molecule has 184 valence electrons. The SMILES string of the molecule is CCOC(=O)C1CCN(C(=O)c2cc(Oc3c(Br)cc(C(C)(O)[PH2]=O)cc3Br)ccc2O)CC1. The maximum Gasteiger partial charge on any atom is 0.309 e. The van der Waals surface area contributed by atoms with Gasteiger partial charge in [0.2, 0.25) is 0 Å². The number of aliphatic hydroxyl groups is 1. The first-order chi connectivity index (χ1) is 16.1. The average Bonchev–Trinajstić information content (AvgIpc) is 2.82. The fourth-order valence-corrected chi connectivity index (χ4v) is 5.29. The molecule has 1 fully saturated rings. The highest BCUT2D eigenvalue weighted by Gasteiger charge is 2.30. The van der Waals surface area contributed by atoms with Crippen molar-refractivity contribution in [1.29, 1.82) is 0 Å². The van der Waals surface area contributed by atoms with E-state index in [1.807, 2.05) is 0 Å². The van der Waals surface area contributed by atoms with Gasteiger partial charge in [-0.2, -0.15) is 0 Å². The van der Waals surface area contributed by atoms with Gasteiger partial charge in [0.05, 0.1) is 35.5 Å². The Morgan fingerprint density at radius 2 is 1.79 bits per heavy atom. The summed E-state index contributed by atoms with van der Waals surface area (Å²) < 4.78 is 23.4. The van der Waals surface area contributed by atoms with Gasteiger partial charge >= 0.3 is 5.97 Å². The summed E-state index contributed by atoms with van der Waals surface area (Å²) in [6.07, 6.45) is 1.01. The predicted octanol–water partition coefficient (Wildman–Crippen LogP) is 5.05. The highest BCUT2D eigenvalue weighted by Crippen LogP contribution is 2.43. The fraction of sp³-hybridized carbons (Fsp3) is 0.391. The van der Waals surface area contributed by atoms with Gasteiger partial charge in [-0.05, 0) is 94.4 Å². The zero-order valence-corrected chi connectivity index (χ0v) is 23.0. The Balaban J connectivity index is 1.78. The number of ether oxygens (including phenoxy) is 2. The quantitative estimate of drug-likeness (QED) is 0.330. The number of phenolic OH excluding ortho intramolecular Hbond substituents is 1. The summed E-state index contributed by atoms with van der Waals surface area (Å²) in [6, 6.07) is 7.61. The van der Waals surface area contributed by atoms with E-state index in [0.29, 0.717) is 58.5 Å². The van der Waals surface area contributed by atoms with Crippen LogP contribution in [0, 0.1) is 5.92 Å². The second-order valence-electron chi connectivity index (χ2n) is 8.13. The number of carbonyl (C=O) groups excluding carboxylic acids is 2. The summed E-state index contributed by atoms with van der Waals surface area (Å²) in [5, 5.41) is 19.2. The number of nitrogens with zero attached hydrogens (tertiary/aromatic N) is 1. The number of hydrogen-bond donors (Lipinski definition) is 2. The van der Waals surface area contributed by atoms with Crippen LogP contribution in [0.15, 0.2) is 39.3 Å². The van der Waals surface area contributed by atoms with Gasteiger partial charge in [-0.15, -0.1) is 0 Å². The minimum atomic E-state index is -1.46. The lowest BCUT2D eigenvalue weighted by Crippen LogP contribution is -2.40. The molecule has 34 heavy (non-hydrogen) atoms. The molecule has 2 N–H and O–H groups in total. The molecule has 2 atom stereocenters. The Labute approximate surface area is 215 Å². The average molecular weight is 619 g/mol. The molecule has 2 aromatic carbocycles. The minimum absolute atomic E-state index is 0.0915. The number of phenols is 1. The van der Waals surface area contributed by atoms with Gasteiger partial charge in [0.15, 0.2) is 5.75 Å². The number of rotatable bonds is 7. The molecule has 0 saturated carbocycles. The van der Waals surface area contributed by atoms with Crippen molar-refractivity contribution in [3.05, 3.63) is 50.4 Å². The first-order valence-corrected chi connectivity index (χ1v) is 13.4. The summed E-state index contributed by atoms with van der Waals surface area (Å²) in [5.41, 5.74) is 0.547. The zero-order valence-electron chi connectivity index (χ0n) is 18.7. The number of aromatic hydroxyl groups is 1. The van der Waals surface area contributed by atoms with Gasteiger partial charge in [0.25, 0.3) is 5.91 Å². The number of likely N-dealkylation sites (tertiary alicyclic amines) is 1. The van der Waals surface area contributed by atoms with E-state index in [1.165, 1.54) is 25.1 Å². The van der Waals surface area contributed by atoms with E-state index in [0.717, 1.165) is 0 Å². The van der Waals surface area contributed by atoms with Crippen molar-refractivity contribution in [3.8, 4) is 17.2 Å². The van der Waals surface area contributed by atoms with Gasteiger partial charge in [0.1, 0.15) is 16.8 Å². The number of benzene rings is 2. The predicted molar refractivity (Wildman–Crippen MR) is 135 cm³/mol. The van der Waals surface area contributed by atoms with Crippen molar-refractivity contribution in [2.24, 2.45) is 5.92 Å². The van der Waals surface area contributed by atoms with Crippen LogP contribution in [0.2, 0.25) is 0 Å². The Morgan fingerprint density at radius 1 is 1.18 bits per heavy atom. The smallest absolute Gasteiger partial charge is 0.309 e.